The molecule has 0 bridgehead atoms. The second-order valence-electron chi connectivity index (χ2n) is 9.50. The maximum Gasteiger partial charge on any atom is 0.264 e. The largest absolute Gasteiger partial charge is 0.495 e. The van der Waals surface area contributed by atoms with Crippen LogP contribution in [0.3, 0.4) is 0 Å². The van der Waals surface area contributed by atoms with Crippen molar-refractivity contribution in [1.29, 1.82) is 0 Å². The van der Waals surface area contributed by atoms with E-state index in [9.17, 15) is 18.0 Å². The van der Waals surface area contributed by atoms with Gasteiger partial charge in [0.15, 0.2) is 0 Å². The molecule has 0 saturated carbocycles. The van der Waals surface area contributed by atoms with Crippen molar-refractivity contribution in [2.45, 2.75) is 57.6 Å². The fourth-order valence-corrected chi connectivity index (χ4v) is 5.57. The number of sulfonamides is 1. The first kappa shape index (κ1) is 29.7. The second-order valence-corrected chi connectivity index (χ2v) is 11.4. The number of ether oxygens (including phenoxy) is 1. The number of carbonyl (C=O) groups is 2. The van der Waals surface area contributed by atoms with Crippen LogP contribution in [0.5, 0.6) is 5.75 Å². The number of hydrogen-bond acceptors (Lipinski definition) is 5. The third kappa shape index (κ3) is 7.38. The number of nitrogens with zero attached hydrogens (tertiary/aromatic N) is 2. The lowest BCUT2D eigenvalue weighted by Crippen LogP contribution is -2.52. The average molecular weight is 552 g/mol. The van der Waals surface area contributed by atoms with Gasteiger partial charge in [-0.2, -0.15) is 0 Å². The van der Waals surface area contributed by atoms with Gasteiger partial charge in [0.05, 0.1) is 17.7 Å². The second kappa shape index (κ2) is 13.3. The van der Waals surface area contributed by atoms with E-state index in [4.69, 9.17) is 4.74 Å². The average Bonchev–Trinajstić information content (AvgIpc) is 2.94. The first-order valence-electron chi connectivity index (χ1n) is 12.9. The molecule has 3 aromatic rings. The Morgan fingerprint density at radius 1 is 0.949 bits per heavy atom. The van der Waals surface area contributed by atoms with Gasteiger partial charge >= 0.3 is 0 Å². The smallest absolute Gasteiger partial charge is 0.264 e. The van der Waals surface area contributed by atoms with Gasteiger partial charge in [-0.25, -0.2) is 8.42 Å². The molecule has 3 aromatic carbocycles. The first-order chi connectivity index (χ1) is 18.6. The van der Waals surface area contributed by atoms with Gasteiger partial charge in [-0.3, -0.25) is 13.9 Å². The van der Waals surface area contributed by atoms with E-state index in [0.717, 1.165) is 21.9 Å². The summed E-state index contributed by atoms with van der Waals surface area (Å²) in [4.78, 5) is 28.6. The number of rotatable bonds is 12. The fraction of sp³-hybridized carbons (Fsp3) is 0.333. The standard InChI is InChI=1S/C30H37N3O5S/c1-6-23(3)31-30(35)24(4)32(20-25-14-12-13-22(2)19-25)29(34)21-33(27-17-10-11-18-28(27)38-5)39(36,37)26-15-8-7-9-16-26/h7-19,23-24H,6,20-21H2,1-5H3,(H,31,35)/t23-,24+/m1/s1. The number of para-hydroxylation sites is 2. The Bertz CT molecular complexity index is 1380. The molecule has 3 rings (SSSR count). The van der Waals surface area contributed by atoms with Crippen LogP contribution in [0.15, 0.2) is 83.8 Å². The summed E-state index contributed by atoms with van der Waals surface area (Å²) in [6.07, 6.45) is 0.737. The fourth-order valence-electron chi connectivity index (χ4n) is 4.12. The number of hydrogen-bond donors (Lipinski definition) is 1. The third-order valence-corrected chi connectivity index (χ3v) is 8.34. The lowest BCUT2D eigenvalue weighted by molar-refractivity contribution is -0.139. The SMILES string of the molecule is CC[C@@H](C)NC(=O)[C@H](C)N(Cc1cccc(C)c1)C(=O)CN(c1ccccc1OC)S(=O)(=O)c1ccccc1. The van der Waals surface area contributed by atoms with Crippen molar-refractivity contribution in [3.05, 3.63) is 90.0 Å². The summed E-state index contributed by atoms with van der Waals surface area (Å²) < 4.78 is 34.2. The van der Waals surface area contributed by atoms with Crippen LogP contribution in [0, 0.1) is 6.92 Å². The molecular formula is C30H37N3O5S. The van der Waals surface area contributed by atoms with Crippen LogP contribution in [0.25, 0.3) is 0 Å². The van der Waals surface area contributed by atoms with Gasteiger partial charge < -0.3 is 15.0 Å². The Morgan fingerprint density at radius 2 is 1.62 bits per heavy atom. The maximum atomic E-state index is 14.0. The van der Waals surface area contributed by atoms with Crippen molar-refractivity contribution in [1.82, 2.24) is 10.2 Å². The van der Waals surface area contributed by atoms with Crippen molar-refractivity contribution in [3.63, 3.8) is 0 Å². The molecular weight excluding hydrogens is 514 g/mol. The predicted octanol–water partition coefficient (Wildman–Crippen LogP) is 4.53. The molecule has 2 atom stereocenters. The van der Waals surface area contributed by atoms with Gasteiger partial charge in [0.2, 0.25) is 11.8 Å². The molecule has 0 aromatic heterocycles. The van der Waals surface area contributed by atoms with Crippen LogP contribution in [0.2, 0.25) is 0 Å². The van der Waals surface area contributed by atoms with Crippen molar-refractivity contribution >= 4 is 27.5 Å². The molecule has 0 saturated heterocycles. The molecule has 0 heterocycles. The zero-order valence-corrected chi connectivity index (χ0v) is 23.9. The van der Waals surface area contributed by atoms with Crippen LogP contribution in [0.1, 0.15) is 38.3 Å². The van der Waals surface area contributed by atoms with E-state index >= 15 is 0 Å². The van der Waals surface area contributed by atoms with E-state index in [1.807, 2.05) is 45.0 Å². The van der Waals surface area contributed by atoms with Crippen LogP contribution in [-0.4, -0.2) is 50.9 Å². The first-order valence-corrected chi connectivity index (χ1v) is 14.4. The van der Waals surface area contributed by atoms with Crippen LogP contribution < -0.4 is 14.4 Å². The summed E-state index contributed by atoms with van der Waals surface area (Å²) in [6, 6.07) is 21.3. The zero-order chi connectivity index (χ0) is 28.6. The molecule has 8 nitrogen and oxygen atoms in total. The maximum absolute atomic E-state index is 14.0. The minimum atomic E-state index is -4.16. The molecule has 0 aliphatic rings. The Morgan fingerprint density at radius 3 is 2.26 bits per heavy atom. The summed E-state index contributed by atoms with van der Waals surface area (Å²) in [5.74, 6) is -0.522. The van der Waals surface area contributed by atoms with Gasteiger partial charge in [0.25, 0.3) is 10.0 Å². The quantitative estimate of drug-likeness (QED) is 0.357. The van der Waals surface area contributed by atoms with Crippen LogP contribution in [0.4, 0.5) is 5.69 Å². The van der Waals surface area contributed by atoms with E-state index in [1.54, 1.807) is 49.4 Å². The van der Waals surface area contributed by atoms with Crippen molar-refractivity contribution < 1.29 is 22.7 Å². The number of nitrogens with one attached hydrogen (secondary N) is 1. The van der Waals surface area contributed by atoms with Gasteiger partial charge in [0.1, 0.15) is 18.3 Å². The van der Waals surface area contributed by atoms with Gasteiger partial charge in [-0.1, -0.05) is 67.1 Å². The molecule has 1 N–H and O–H groups in total. The van der Waals surface area contributed by atoms with Gasteiger partial charge in [0, 0.05) is 12.6 Å². The Labute approximate surface area is 231 Å². The highest BCUT2D eigenvalue weighted by Gasteiger charge is 2.33. The Hall–Kier alpha value is -3.85. The molecule has 2 amide bonds. The molecule has 0 fully saturated rings. The zero-order valence-electron chi connectivity index (χ0n) is 23.1. The third-order valence-electron chi connectivity index (χ3n) is 6.57. The molecule has 208 valence electrons. The number of benzene rings is 3. The van der Waals surface area contributed by atoms with Gasteiger partial charge in [-0.05, 0) is 57.0 Å². The van der Waals surface area contributed by atoms with E-state index in [1.165, 1.54) is 24.1 Å². The highest BCUT2D eigenvalue weighted by atomic mass is 32.2. The predicted molar refractivity (Wildman–Crippen MR) is 153 cm³/mol. The highest BCUT2D eigenvalue weighted by molar-refractivity contribution is 7.92. The van der Waals surface area contributed by atoms with Crippen molar-refractivity contribution in [3.8, 4) is 5.75 Å². The molecule has 9 heteroatoms. The number of amides is 2. The van der Waals surface area contributed by atoms with E-state index < -0.39 is 28.5 Å². The lowest BCUT2D eigenvalue weighted by Gasteiger charge is -2.32. The van der Waals surface area contributed by atoms with E-state index in [2.05, 4.69) is 5.32 Å². The summed E-state index contributed by atoms with van der Waals surface area (Å²) in [7, 11) is -2.71. The lowest BCUT2D eigenvalue weighted by atomic mass is 10.1. The molecule has 0 radical (unpaired) electrons. The number of carbonyl (C=O) groups excluding carboxylic acids is 2. The topological polar surface area (TPSA) is 96.0 Å². The van der Waals surface area contributed by atoms with Gasteiger partial charge in [-0.15, -0.1) is 0 Å². The van der Waals surface area contributed by atoms with Crippen molar-refractivity contribution in [2.24, 2.45) is 0 Å². The monoisotopic (exact) mass is 551 g/mol. The van der Waals surface area contributed by atoms with Crippen molar-refractivity contribution in [2.75, 3.05) is 18.0 Å². The number of aryl methyl sites for hydroxylation is 1. The molecule has 39 heavy (non-hydrogen) atoms. The summed E-state index contributed by atoms with van der Waals surface area (Å²) in [6.45, 7) is 7.08. The summed E-state index contributed by atoms with van der Waals surface area (Å²) >= 11 is 0. The summed E-state index contributed by atoms with van der Waals surface area (Å²) in [5.41, 5.74) is 2.07. The normalized spacial score (nSPS) is 12.7. The molecule has 0 spiro atoms. The minimum absolute atomic E-state index is 0.0384. The Balaban J connectivity index is 2.05. The Kier molecular flexibility index (Phi) is 10.1. The minimum Gasteiger partial charge on any atom is -0.495 e. The molecule has 0 aliphatic carbocycles. The number of methoxy groups -OCH3 is 1. The van der Waals surface area contributed by atoms with E-state index in [0.29, 0.717) is 5.75 Å². The van der Waals surface area contributed by atoms with E-state index in [-0.39, 0.29) is 29.1 Å². The van der Waals surface area contributed by atoms with Crippen LogP contribution in [-0.2, 0) is 26.2 Å². The van der Waals surface area contributed by atoms with Crippen LogP contribution >= 0.6 is 0 Å². The summed E-state index contributed by atoms with van der Waals surface area (Å²) in [5, 5.41) is 2.94. The highest BCUT2D eigenvalue weighted by Crippen LogP contribution is 2.32. The molecule has 0 aliphatic heterocycles. The molecule has 0 unspecified atom stereocenters. The number of anilines is 1.